The van der Waals surface area contributed by atoms with Crippen LogP contribution in [0.4, 0.5) is 5.69 Å². The Balaban J connectivity index is 2.33. The van der Waals surface area contributed by atoms with Gasteiger partial charge < -0.3 is 14.8 Å². The lowest BCUT2D eigenvalue weighted by atomic mass is 10.0. The van der Waals surface area contributed by atoms with E-state index in [2.05, 4.69) is 10.0 Å². The molecule has 2 aromatic rings. The third-order valence-corrected chi connectivity index (χ3v) is 5.50. The maximum Gasteiger partial charge on any atom is 0.261 e. The van der Waals surface area contributed by atoms with E-state index in [1.165, 1.54) is 13.2 Å². The molecule has 0 bridgehead atoms. The number of amides is 1. The molecule has 7 nitrogen and oxygen atoms in total. The number of rotatable bonds is 9. The Morgan fingerprint density at radius 3 is 2.46 bits per heavy atom. The molecule has 0 aromatic heterocycles. The van der Waals surface area contributed by atoms with E-state index in [1.807, 2.05) is 13.8 Å². The van der Waals surface area contributed by atoms with Gasteiger partial charge in [0.05, 0.1) is 29.9 Å². The Hall–Kier alpha value is -2.58. The topological polar surface area (TPSA) is 93.7 Å². The molecule has 0 aliphatic heterocycles. The first-order valence-electron chi connectivity index (χ1n) is 8.87. The van der Waals surface area contributed by atoms with Crippen LogP contribution in [-0.4, -0.2) is 41.7 Å². The van der Waals surface area contributed by atoms with Crippen molar-refractivity contribution in [3.63, 3.8) is 0 Å². The number of carbonyl (C=O) groups excluding carboxylic acids is 1. The molecule has 2 N–H and O–H groups in total. The van der Waals surface area contributed by atoms with Crippen LogP contribution in [0.1, 0.15) is 35.7 Å². The molecule has 0 saturated heterocycles. The summed E-state index contributed by atoms with van der Waals surface area (Å²) in [5.74, 6) is 0.337. The molecule has 0 aliphatic rings. The van der Waals surface area contributed by atoms with Crippen LogP contribution < -0.4 is 14.8 Å². The molecule has 1 amide bonds. The molecule has 0 saturated carbocycles. The molecule has 2 aromatic carbocycles. The van der Waals surface area contributed by atoms with Gasteiger partial charge in [-0.1, -0.05) is 26.0 Å². The SMILES string of the molecule is COCCNC(=O)c1ccccc1NS(=O)(=O)c1ccc(OC)c(C(C)C)c1. The number of ether oxygens (including phenoxy) is 2. The van der Waals surface area contributed by atoms with Gasteiger partial charge in [-0.2, -0.15) is 0 Å². The van der Waals surface area contributed by atoms with Gasteiger partial charge in [0.2, 0.25) is 0 Å². The summed E-state index contributed by atoms with van der Waals surface area (Å²) in [6, 6.07) is 11.2. The molecular weight excluding hydrogens is 380 g/mol. The molecule has 8 heteroatoms. The van der Waals surface area contributed by atoms with Gasteiger partial charge in [-0.15, -0.1) is 0 Å². The first kappa shape index (κ1) is 21.7. The summed E-state index contributed by atoms with van der Waals surface area (Å²) in [4.78, 5) is 12.5. The zero-order chi connectivity index (χ0) is 20.7. The van der Waals surface area contributed by atoms with Crippen LogP contribution in [0.2, 0.25) is 0 Å². The number of benzene rings is 2. The maximum absolute atomic E-state index is 12.9. The van der Waals surface area contributed by atoms with Crippen LogP contribution in [0.25, 0.3) is 0 Å². The minimum Gasteiger partial charge on any atom is -0.496 e. The highest BCUT2D eigenvalue weighted by Gasteiger charge is 2.20. The largest absolute Gasteiger partial charge is 0.496 e. The quantitative estimate of drug-likeness (QED) is 0.625. The fourth-order valence-corrected chi connectivity index (χ4v) is 3.78. The first-order chi connectivity index (χ1) is 13.3. The second kappa shape index (κ2) is 9.57. The highest BCUT2D eigenvalue weighted by Crippen LogP contribution is 2.30. The molecular formula is C20H26N2O5S. The van der Waals surface area contributed by atoms with Gasteiger partial charge in [0.25, 0.3) is 15.9 Å². The molecule has 28 heavy (non-hydrogen) atoms. The number of nitrogens with one attached hydrogen (secondary N) is 2. The molecule has 0 spiro atoms. The number of anilines is 1. The van der Waals surface area contributed by atoms with Crippen LogP contribution in [0.15, 0.2) is 47.4 Å². The van der Waals surface area contributed by atoms with E-state index in [-0.39, 0.29) is 28.0 Å². The summed E-state index contributed by atoms with van der Waals surface area (Å²) in [5.41, 5.74) is 1.23. The Morgan fingerprint density at radius 1 is 1.11 bits per heavy atom. The van der Waals surface area contributed by atoms with E-state index >= 15 is 0 Å². The van der Waals surface area contributed by atoms with Crippen LogP contribution in [0.5, 0.6) is 5.75 Å². The summed E-state index contributed by atoms with van der Waals surface area (Å²) in [6.45, 7) is 4.61. The summed E-state index contributed by atoms with van der Waals surface area (Å²) in [7, 11) is -0.802. The van der Waals surface area contributed by atoms with E-state index in [9.17, 15) is 13.2 Å². The fraction of sp³-hybridized carbons (Fsp3) is 0.350. The van der Waals surface area contributed by atoms with Crippen LogP contribution in [-0.2, 0) is 14.8 Å². The fourth-order valence-electron chi connectivity index (χ4n) is 2.67. The molecule has 0 aliphatic carbocycles. The van der Waals surface area contributed by atoms with E-state index in [0.717, 1.165) is 5.56 Å². The number of para-hydroxylation sites is 1. The molecule has 152 valence electrons. The lowest BCUT2D eigenvalue weighted by Gasteiger charge is -2.16. The van der Waals surface area contributed by atoms with Gasteiger partial charge in [-0.05, 0) is 41.8 Å². The lowest BCUT2D eigenvalue weighted by molar-refractivity contribution is 0.0938. The van der Waals surface area contributed by atoms with E-state index in [4.69, 9.17) is 9.47 Å². The van der Waals surface area contributed by atoms with Gasteiger partial charge in [0, 0.05) is 13.7 Å². The van der Waals surface area contributed by atoms with Crippen molar-refractivity contribution in [2.75, 3.05) is 32.1 Å². The minimum absolute atomic E-state index is 0.0870. The maximum atomic E-state index is 12.9. The van der Waals surface area contributed by atoms with Crippen molar-refractivity contribution in [1.29, 1.82) is 0 Å². The highest BCUT2D eigenvalue weighted by atomic mass is 32.2. The first-order valence-corrected chi connectivity index (χ1v) is 10.4. The van der Waals surface area contributed by atoms with Crippen molar-refractivity contribution in [3.05, 3.63) is 53.6 Å². The summed E-state index contributed by atoms with van der Waals surface area (Å²) in [6.07, 6.45) is 0. The number of hydrogen-bond donors (Lipinski definition) is 2. The van der Waals surface area contributed by atoms with Gasteiger partial charge in [0.15, 0.2) is 0 Å². The van der Waals surface area contributed by atoms with E-state index in [1.54, 1.807) is 43.5 Å². The molecule has 0 atom stereocenters. The van der Waals surface area contributed by atoms with E-state index in [0.29, 0.717) is 18.9 Å². The summed E-state index contributed by atoms with van der Waals surface area (Å²) < 4.78 is 38.6. The van der Waals surface area contributed by atoms with Crippen molar-refractivity contribution in [2.24, 2.45) is 0 Å². The average molecular weight is 407 g/mol. The van der Waals surface area contributed by atoms with E-state index < -0.39 is 10.0 Å². The van der Waals surface area contributed by atoms with Crippen LogP contribution in [0, 0.1) is 0 Å². The Morgan fingerprint density at radius 2 is 1.82 bits per heavy atom. The van der Waals surface area contributed by atoms with Crippen molar-refractivity contribution in [3.8, 4) is 5.75 Å². The Bertz CT molecular complexity index is 926. The Labute approximate surface area is 166 Å². The van der Waals surface area contributed by atoms with Gasteiger partial charge in [-0.3, -0.25) is 9.52 Å². The monoisotopic (exact) mass is 406 g/mol. The number of hydrogen-bond acceptors (Lipinski definition) is 5. The molecule has 2 rings (SSSR count). The van der Waals surface area contributed by atoms with Crippen LogP contribution in [0.3, 0.4) is 0 Å². The third kappa shape index (κ3) is 5.24. The summed E-state index contributed by atoms with van der Waals surface area (Å²) >= 11 is 0. The van der Waals surface area contributed by atoms with Gasteiger partial charge >= 0.3 is 0 Å². The second-order valence-electron chi connectivity index (χ2n) is 6.46. The molecule has 0 heterocycles. The molecule has 0 unspecified atom stereocenters. The van der Waals surface area contributed by atoms with Gasteiger partial charge in [0.1, 0.15) is 5.75 Å². The lowest BCUT2D eigenvalue weighted by Crippen LogP contribution is -2.28. The summed E-state index contributed by atoms with van der Waals surface area (Å²) in [5, 5.41) is 2.69. The number of methoxy groups -OCH3 is 2. The second-order valence-corrected chi connectivity index (χ2v) is 8.14. The Kier molecular flexibility index (Phi) is 7.42. The molecule has 0 radical (unpaired) electrons. The zero-order valence-corrected chi connectivity index (χ0v) is 17.3. The predicted molar refractivity (Wildman–Crippen MR) is 109 cm³/mol. The van der Waals surface area contributed by atoms with Crippen molar-refractivity contribution in [2.45, 2.75) is 24.7 Å². The normalized spacial score (nSPS) is 11.3. The average Bonchev–Trinajstić information content (AvgIpc) is 2.67. The number of carbonyl (C=O) groups is 1. The van der Waals surface area contributed by atoms with Crippen molar-refractivity contribution >= 4 is 21.6 Å². The minimum atomic E-state index is -3.89. The smallest absolute Gasteiger partial charge is 0.261 e. The van der Waals surface area contributed by atoms with Gasteiger partial charge in [-0.25, -0.2) is 8.42 Å². The number of sulfonamides is 1. The van der Waals surface area contributed by atoms with Crippen molar-refractivity contribution < 1.29 is 22.7 Å². The predicted octanol–water partition coefficient (Wildman–Crippen LogP) is 3.00. The van der Waals surface area contributed by atoms with Crippen molar-refractivity contribution in [1.82, 2.24) is 5.32 Å². The zero-order valence-electron chi connectivity index (χ0n) is 16.5. The standard InChI is InChI=1S/C20H26N2O5S/c1-14(2)17-13-15(9-10-19(17)27-4)28(24,25)22-18-8-6-5-7-16(18)20(23)21-11-12-26-3/h5-10,13-14,22H,11-12H2,1-4H3,(H,21,23). The molecule has 0 fully saturated rings. The highest BCUT2D eigenvalue weighted by molar-refractivity contribution is 7.92. The third-order valence-electron chi connectivity index (χ3n) is 4.14. The van der Waals surface area contributed by atoms with Crippen LogP contribution >= 0.6 is 0 Å².